The zero-order chi connectivity index (χ0) is 11.5. The molecule has 2 rings (SSSR count). The average Bonchev–Trinajstić information content (AvgIpc) is 2.52. The van der Waals surface area contributed by atoms with E-state index in [0.717, 1.165) is 18.5 Å². The Morgan fingerprint density at radius 3 is 2.50 bits per heavy atom. The molecule has 4 heteroatoms. The number of aromatic nitrogens is 1. The maximum Gasteiger partial charge on any atom is 0.271 e. The van der Waals surface area contributed by atoms with Crippen molar-refractivity contribution in [3.63, 3.8) is 0 Å². The summed E-state index contributed by atoms with van der Waals surface area (Å²) < 4.78 is 0. The molecule has 0 spiro atoms. The van der Waals surface area contributed by atoms with Gasteiger partial charge in [-0.2, -0.15) is 0 Å². The van der Waals surface area contributed by atoms with Gasteiger partial charge in [0.2, 0.25) is 0 Å². The lowest BCUT2D eigenvalue weighted by Crippen LogP contribution is -2.16. The number of H-pyrrole nitrogens is 1. The summed E-state index contributed by atoms with van der Waals surface area (Å²) in [5.41, 5.74) is 6.38. The fraction of sp³-hybridized carbons (Fsp3) is 0.583. The van der Waals surface area contributed by atoms with Gasteiger partial charge in [-0.3, -0.25) is 4.79 Å². The zero-order valence-corrected chi connectivity index (χ0v) is 10.0. The summed E-state index contributed by atoms with van der Waals surface area (Å²) in [5.74, 6) is 0.392. The van der Waals surface area contributed by atoms with Crippen LogP contribution in [0, 0.1) is 0 Å². The third kappa shape index (κ3) is 2.40. The summed E-state index contributed by atoms with van der Waals surface area (Å²) in [6.07, 6.45) is 7.22. The maximum atomic E-state index is 11.5. The smallest absolute Gasteiger partial charge is 0.271 e. The Kier molecular flexibility index (Phi) is 3.54. The van der Waals surface area contributed by atoms with E-state index < -0.39 is 0 Å². The van der Waals surface area contributed by atoms with Crippen LogP contribution in [0.4, 0.5) is 5.69 Å². The highest BCUT2D eigenvalue weighted by molar-refractivity contribution is 6.31. The Morgan fingerprint density at radius 1 is 1.25 bits per heavy atom. The molecule has 1 fully saturated rings. The first-order chi connectivity index (χ1) is 7.68. The summed E-state index contributed by atoms with van der Waals surface area (Å²) in [4.78, 5) is 14.3. The minimum atomic E-state index is -0.219. The number of nitrogens with one attached hydrogen (secondary N) is 1. The predicted octanol–water partition coefficient (Wildman–Crippen LogP) is 3.05. The molecule has 16 heavy (non-hydrogen) atoms. The van der Waals surface area contributed by atoms with E-state index in [1.165, 1.54) is 25.7 Å². The summed E-state index contributed by atoms with van der Waals surface area (Å²) in [6, 6.07) is 1.57. The predicted molar refractivity (Wildman–Crippen MR) is 66.9 cm³/mol. The van der Waals surface area contributed by atoms with Gasteiger partial charge in [0.05, 0.1) is 10.7 Å². The van der Waals surface area contributed by atoms with Gasteiger partial charge >= 0.3 is 0 Å². The lowest BCUT2D eigenvalue weighted by Gasteiger charge is -2.15. The third-order valence-corrected chi connectivity index (χ3v) is 3.63. The molecule has 0 atom stereocenters. The van der Waals surface area contributed by atoms with Crippen LogP contribution in [0.15, 0.2) is 10.9 Å². The molecule has 0 aliphatic heterocycles. The molecule has 0 bridgehead atoms. The van der Waals surface area contributed by atoms with Gasteiger partial charge in [-0.05, 0) is 18.9 Å². The quantitative estimate of drug-likeness (QED) is 0.742. The summed E-state index contributed by atoms with van der Waals surface area (Å²) in [6.45, 7) is 0. The molecule has 3 N–H and O–H groups in total. The average molecular weight is 241 g/mol. The van der Waals surface area contributed by atoms with Crippen molar-refractivity contribution in [3.05, 3.63) is 27.1 Å². The van der Waals surface area contributed by atoms with Crippen LogP contribution < -0.4 is 11.3 Å². The van der Waals surface area contributed by atoms with Crippen LogP contribution >= 0.6 is 11.6 Å². The fourth-order valence-electron chi connectivity index (χ4n) is 2.40. The molecule has 1 aromatic rings. The van der Waals surface area contributed by atoms with Crippen LogP contribution in [0.3, 0.4) is 0 Å². The summed E-state index contributed by atoms with van der Waals surface area (Å²) >= 11 is 6.14. The first-order valence-corrected chi connectivity index (χ1v) is 6.24. The second kappa shape index (κ2) is 4.91. The standard InChI is InChI=1S/C12H17ClN2O/c13-9-7-10(14)12(16)15-11(9)8-5-3-1-2-4-6-8/h7-8H,1-6,14H2,(H,15,16). The lowest BCUT2D eigenvalue weighted by molar-refractivity contribution is 0.576. The molecule has 0 radical (unpaired) electrons. The molecule has 0 unspecified atom stereocenters. The third-order valence-electron chi connectivity index (χ3n) is 3.31. The van der Waals surface area contributed by atoms with Gasteiger partial charge in [-0.25, -0.2) is 0 Å². The summed E-state index contributed by atoms with van der Waals surface area (Å²) in [5, 5.41) is 0.601. The molecule has 1 saturated carbocycles. The van der Waals surface area contributed by atoms with Crippen molar-refractivity contribution in [2.24, 2.45) is 0 Å². The van der Waals surface area contributed by atoms with Gasteiger partial charge in [0.1, 0.15) is 0 Å². The Hall–Kier alpha value is -0.960. The van der Waals surface area contributed by atoms with Crippen molar-refractivity contribution in [2.45, 2.75) is 44.4 Å². The number of anilines is 1. The Morgan fingerprint density at radius 2 is 1.88 bits per heavy atom. The van der Waals surface area contributed by atoms with Crippen molar-refractivity contribution in [1.29, 1.82) is 0 Å². The number of pyridine rings is 1. The van der Waals surface area contributed by atoms with E-state index in [9.17, 15) is 4.79 Å². The van der Waals surface area contributed by atoms with Gasteiger partial charge in [-0.1, -0.05) is 37.3 Å². The number of nitrogen functional groups attached to an aromatic ring is 1. The highest BCUT2D eigenvalue weighted by atomic mass is 35.5. The van der Waals surface area contributed by atoms with Crippen LogP contribution in [-0.4, -0.2) is 4.98 Å². The van der Waals surface area contributed by atoms with Crippen LogP contribution in [-0.2, 0) is 0 Å². The van der Waals surface area contributed by atoms with E-state index in [4.69, 9.17) is 17.3 Å². The Balaban J connectivity index is 2.31. The second-order valence-electron chi connectivity index (χ2n) is 4.50. The monoisotopic (exact) mass is 240 g/mol. The van der Waals surface area contributed by atoms with E-state index in [2.05, 4.69) is 4.98 Å². The van der Waals surface area contributed by atoms with Crippen LogP contribution in [0.1, 0.15) is 50.1 Å². The first-order valence-electron chi connectivity index (χ1n) is 5.86. The Bertz CT molecular complexity index is 420. The van der Waals surface area contributed by atoms with Crippen molar-refractivity contribution in [1.82, 2.24) is 4.98 Å². The number of aromatic amines is 1. The van der Waals surface area contributed by atoms with Crippen molar-refractivity contribution >= 4 is 17.3 Å². The van der Waals surface area contributed by atoms with Crippen molar-refractivity contribution in [2.75, 3.05) is 5.73 Å². The normalized spacial score (nSPS) is 18.3. The molecule has 0 saturated heterocycles. The number of hydrogen-bond donors (Lipinski definition) is 2. The summed E-state index contributed by atoms with van der Waals surface area (Å²) in [7, 11) is 0. The highest BCUT2D eigenvalue weighted by Crippen LogP contribution is 2.33. The second-order valence-corrected chi connectivity index (χ2v) is 4.91. The van der Waals surface area contributed by atoms with Crippen LogP contribution in [0.5, 0.6) is 0 Å². The maximum absolute atomic E-state index is 11.5. The number of rotatable bonds is 1. The molecular formula is C12H17ClN2O. The van der Waals surface area contributed by atoms with E-state index in [1.807, 2.05) is 0 Å². The molecular weight excluding hydrogens is 224 g/mol. The van der Waals surface area contributed by atoms with Crippen molar-refractivity contribution in [3.8, 4) is 0 Å². The molecule has 88 valence electrons. The number of hydrogen-bond acceptors (Lipinski definition) is 2. The van der Waals surface area contributed by atoms with E-state index in [-0.39, 0.29) is 11.2 Å². The molecule has 3 nitrogen and oxygen atoms in total. The van der Waals surface area contributed by atoms with E-state index in [1.54, 1.807) is 6.07 Å². The molecule has 1 aromatic heterocycles. The molecule has 1 heterocycles. The zero-order valence-electron chi connectivity index (χ0n) is 9.26. The van der Waals surface area contributed by atoms with Gasteiger partial charge in [-0.15, -0.1) is 0 Å². The molecule has 0 amide bonds. The molecule has 1 aliphatic carbocycles. The van der Waals surface area contributed by atoms with Gasteiger partial charge in [0.25, 0.3) is 5.56 Å². The lowest BCUT2D eigenvalue weighted by atomic mass is 9.96. The number of nitrogens with two attached hydrogens (primary N) is 1. The largest absolute Gasteiger partial charge is 0.394 e. The topological polar surface area (TPSA) is 58.9 Å². The van der Waals surface area contributed by atoms with Gasteiger partial charge < -0.3 is 10.7 Å². The van der Waals surface area contributed by atoms with E-state index in [0.29, 0.717) is 10.9 Å². The van der Waals surface area contributed by atoms with Gasteiger partial charge in [0, 0.05) is 11.6 Å². The highest BCUT2D eigenvalue weighted by Gasteiger charge is 2.18. The SMILES string of the molecule is Nc1cc(Cl)c(C2CCCCCC2)[nH]c1=O. The molecule has 1 aliphatic rings. The van der Waals surface area contributed by atoms with E-state index >= 15 is 0 Å². The van der Waals surface area contributed by atoms with Crippen LogP contribution in [0.25, 0.3) is 0 Å². The Labute approximate surface area is 100 Å². The minimum absolute atomic E-state index is 0.197. The van der Waals surface area contributed by atoms with Crippen molar-refractivity contribution < 1.29 is 0 Å². The van der Waals surface area contributed by atoms with Gasteiger partial charge in [0.15, 0.2) is 0 Å². The number of halogens is 1. The molecule has 0 aromatic carbocycles. The van der Waals surface area contributed by atoms with Crippen LogP contribution in [0.2, 0.25) is 5.02 Å². The minimum Gasteiger partial charge on any atom is -0.394 e. The first kappa shape index (κ1) is 11.5. The fourth-order valence-corrected chi connectivity index (χ4v) is 2.72.